The Labute approximate surface area is 172 Å². The molecule has 0 bridgehead atoms. The van der Waals surface area contributed by atoms with Crippen molar-refractivity contribution in [1.82, 2.24) is 10.3 Å². The molecule has 0 atom stereocenters. The molecule has 0 saturated heterocycles. The van der Waals surface area contributed by atoms with Gasteiger partial charge in [-0.25, -0.2) is 4.79 Å². The van der Waals surface area contributed by atoms with Gasteiger partial charge in [0.15, 0.2) is 12.4 Å². The highest BCUT2D eigenvalue weighted by atomic mass is 16.5. The molecule has 0 saturated carbocycles. The number of hydrogen-bond acceptors (Lipinski definition) is 4. The Morgan fingerprint density at radius 1 is 1.07 bits per heavy atom. The van der Waals surface area contributed by atoms with Crippen LogP contribution < -0.4 is 5.32 Å². The Morgan fingerprint density at radius 2 is 1.69 bits per heavy atom. The highest BCUT2D eigenvalue weighted by Crippen LogP contribution is 2.27. The molecule has 0 radical (unpaired) electrons. The number of aryl methyl sites for hydroxylation is 2. The van der Waals surface area contributed by atoms with Crippen molar-refractivity contribution in [3.63, 3.8) is 0 Å². The van der Waals surface area contributed by atoms with E-state index in [1.54, 1.807) is 0 Å². The number of ketones is 1. The van der Waals surface area contributed by atoms with Gasteiger partial charge in [-0.15, -0.1) is 0 Å². The van der Waals surface area contributed by atoms with Crippen molar-refractivity contribution in [2.45, 2.75) is 53.4 Å². The average molecular weight is 399 g/mol. The summed E-state index contributed by atoms with van der Waals surface area (Å²) < 4.78 is 4.99. The lowest BCUT2D eigenvalue weighted by molar-refractivity contribution is -0.124. The summed E-state index contributed by atoms with van der Waals surface area (Å²) in [5, 5.41) is 2.78. The summed E-state index contributed by atoms with van der Waals surface area (Å²) in [7, 11) is 0. The minimum atomic E-state index is -0.669. The second-order valence-electron chi connectivity index (χ2n) is 8.37. The molecule has 2 N–H and O–H groups in total. The highest BCUT2D eigenvalue weighted by Gasteiger charge is 2.17. The maximum absolute atomic E-state index is 12.0. The van der Waals surface area contributed by atoms with Gasteiger partial charge in [-0.1, -0.05) is 32.9 Å². The van der Waals surface area contributed by atoms with Gasteiger partial charge in [0.05, 0.1) is 0 Å². The molecule has 1 amide bonds. The van der Waals surface area contributed by atoms with E-state index in [1.807, 2.05) is 0 Å². The summed E-state index contributed by atoms with van der Waals surface area (Å²) in [4.78, 5) is 37.9. The van der Waals surface area contributed by atoms with E-state index >= 15 is 0 Å². The van der Waals surface area contributed by atoms with Gasteiger partial charge in [-0.2, -0.15) is 0 Å². The largest absolute Gasteiger partial charge is 0.451 e. The zero-order valence-electron chi connectivity index (χ0n) is 18.1. The van der Waals surface area contributed by atoms with Crippen LogP contribution in [0.5, 0.6) is 0 Å². The van der Waals surface area contributed by atoms with Crippen LogP contribution in [0.15, 0.2) is 24.4 Å². The number of carbonyl (C=O) groups is 3. The number of amides is 1. The Bertz CT molecular complexity index is 896. The third-order valence-corrected chi connectivity index (χ3v) is 4.90. The van der Waals surface area contributed by atoms with Crippen molar-refractivity contribution in [3.8, 4) is 0 Å². The molecule has 2 rings (SSSR count). The van der Waals surface area contributed by atoms with E-state index in [1.165, 1.54) is 41.4 Å². The maximum Gasteiger partial charge on any atom is 0.355 e. The van der Waals surface area contributed by atoms with Crippen LogP contribution in [0.4, 0.5) is 0 Å². The van der Waals surface area contributed by atoms with Gasteiger partial charge in [0.25, 0.3) is 5.91 Å². The van der Waals surface area contributed by atoms with E-state index < -0.39 is 5.97 Å². The van der Waals surface area contributed by atoms with Gasteiger partial charge in [0, 0.05) is 18.3 Å². The van der Waals surface area contributed by atoms with E-state index in [4.69, 9.17) is 4.74 Å². The summed E-state index contributed by atoms with van der Waals surface area (Å²) in [5.41, 5.74) is 5.57. The van der Waals surface area contributed by atoms with E-state index in [2.05, 4.69) is 57.1 Å². The Morgan fingerprint density at radius 3 is 2.21 bits per heavy atom. The third kappa shape index (κ3) is 6.04. The molecule has 1 aromatic heterocycles. The number of aromatic nitrogens is 1. The number of Topliss-reactive ketones (excluding diaryl/α,β-unsaturated/α-hetero) is 1. The van der Waals surface area contributed by atoms with Gasteiger partial charge in [0.1, 0.15) is 5.69 Å². The van der Waals surface area contributed by atoms with Crippen molar-refractivity contribution >= 4 is 17.7 Å². The molecule has 6 heteroatoms. The summed E-state index contributed by atoms with van der Waals surface area (Å²) in [5.74, 6) is -1.19. The minimum absolute atomic E-state index is 0.0937. The number of nitrogens with one attached hydrogen (secondary N) is 2. The number of esters is 1. The van der Waals surface area contributed by atoms with Crippen LogP contribution in [0.25, 0.3) is 0 Å². The Hall–Kier alpha value is -2.89. The first-order chi connectivity index (χ1) is 13.5. The molecular formula is C23H30N2O4. The van der Waals surface area contributed by atoms with Gasteiger partial charge in [-0.05, 0) is 60.9 Å². The van der Waals surface area contributed by atoms with E-state index in [0.717, 1.165) is 0 Å². The number of aromatic amines is 1. The molecule has 1 aromatic carbocycles. The fourth-order valence-electron chi connectivity index (χ4n) is 3.12. The topological polar surface area (TPSA) is 88.3 Å². The molecule has 0 unspecified atom stereocenters. The molecule has 0 aliphatic rings. The lowest BCUT2D eigenvalue weighted by Crippen LogP contribution is -2.30. The third-order valence-electron chi connectivity index (χ3n) is 4.90. The normalized spacial score (nSPS) is 11.2. The number of benzene rings is 1. The number of hydrogen-bond donors (Lipinski definition) is 2. The van der Waals surface area contributed by atoms with Crippen LogP contribution in [-0.4, -0.2) is 35.8 Å². The van der Waals surface area contributed by atoms with Crippen LogP contribution in [-0.2, 0) is 21.4 Å². The van der Waals surface area contributed by atoms with Crippen molar-refractivity contribution in [3.05, 3.63) is 57.9 Å². The first kappa shape index (κ1) is 22.4. The number of rotatable bonds is 7. The fraction of sp³-hybridized carbons (Fsp3) is 0.435. The lowest BCUT2D eigenvalue weighted by atomic mass is 9.83. The smallest absolute Gasteiger partial charge is 0.355 e. The average Bonchev–Trinajstić information content (AvgIpc) is 3.11. The summed E-state index contributed by atoms with van der Waals surface area (Å²) >= 11 is 0. The zero-order chi connectivity index (χ0) is 21.8. The highest BCUT2D eigenvalue weighted by molar-refractivity contribution is 5.97. The summed E-state index contributed by atoms with van der Waals surface area (Å²) in [6.45, 7) is 12.3. The van der Waals surface area contributed by atoms with Gasteiger partial charge in [0.2, 0.25) is 0 Å². The van der Waals surface area contributed by atoms with Crippen LogP contribution >= 0.6 is 0 Å². The predicted octanol–water partition coefficient (Wildman–Crippen LogP) is 3.65. The molecule has 0 fully saturated rings. The Balaban J connectivity index is 1.84. The quantitative estimate of drug-likeness (QED) is 0.550. The van der Waals surface area contributed by atoms with Gasteiger partial charge < -0.3 is 15.0 Å². The predicted molar refractivity (Wildman–Crippen MR) is 112 cm³/mol. The zero-order valence-corrected chi connectivity index (χ0v) is 18.1. The first-order valence-electron chi connectivity index (χ1n) is 9.73. The number of ether oxygens (including phenoxy) is 1. The van der Waals surface area contributed by atoms with Crippen LogP contribution in [0.3, 0.4) is 0 Å². The van der Waals surface area contributed by atoms with Crippen LogP contribution in [0.1, 0.15) is 70.8 Å². The van der Waals surface area contributed by atoms with E-state index in [9.17, 15) is 14.4 Å². The molecule has 156 valence electrons. The number of H-pyrrole nitrogens is 1. The SMILES string of the molecule is CC(=O)c1c[nH]c(C(=O)OCC(=O)NCCc2c(C)cc(C(C)(C)C)cc2C)c1. The van der Waals surface area contributed by atoms with E-state index in [-0.39, 0.29) is 29.4 Å². The number of carbonyl (C=O) groups excluding carboxylic acids is 3. The van der Waals surface area contributed by atoms with Crippen molar-refractivity contribution in [2.24, 2.45) is 0 Å². The molecule has 0 spiro atoms. The lowest BCUT2D eigenvalue weighted by Gasteiger charge is -2.22. The fourth-order valence-corrected chi connectivity index (χ4v) is 3.12. The van der Waals surface area contributed by atoms with E-state index in [0.29, 0.717) is 18.5 Å². The first-order valence-corrected chi connectivity index (χ1v) is 9.73. The van der Waals surface area contributed by atoms with Gasteiger partial charge >= 0.3 is 5.97 Å². The van der Waals surface area contributed by atoms with Gasteiger partial charge in [-0.3, -0.25) is 9.59 Å². The Kier molecular flexibility index (Phi) is 7.01. The molecule has 29 heavy (non-hydrogen) atoms. The molecule has 0 aliphatic heterocycles. The standard InChI is InChI=1S/C23H30N2O4/c1-14-9-18(23(4,5)6)10-15(2)19(14)7-8-24-21(27)13-29-22(28)20-11-17(12-25-20)16(3)26/h9-12,25H,7-8,13H2,1-6H3,(H,24,27). The minimum Gasteiger partial charge on any atom is -0.451 e. The van der Waals surface area contributed by atoms with Crippen LogP contribution in [0, 0.1) is 13.8 Å². The summed E-state index contributed by atoms with van der Waals surface area (Å²) in [6, 6.07) is 5.82. The maximum atomic E-state index is 12.0. The second-order valence-corrected chi connectivity index (χ2v) is 8.37. The molecule has 1 heterocycles. The molecule has 6 nitrogen and oxygen atoms in total. The van der Waals surface area contributed by atoms with Crippen LogP contribution in [0.2, 0.25) is 0 Å². The molecular weight excluding hydrogens is 368 g/mol. The van der Waals surface area contributed by atoms with Crippen molar-refractivity contribution < 1.29 is 19.1 Å². The van der Waals surface area contributed by atoms with Crippen molar-refractivity contribution in [2.75, 3.05) is 13.2 Å². The summed E-state index contributed by atoms with van der Waals surface area (Å²) in [6.07, 6.45) is 2.15. The monoisotopic (exact) mass is 398 g/mol. The molecule has 2 aromatic rings. The molecule has 0 aliphatic carbocycles. The van der Waals surface area contributed by atoms with Crippen molar-refractivity contribution in [1.29, 1.82) is 0 Å². The second kappa shape index (κ2) is 9.07.